The summed E-state index contributed by atoms with van der Waals surface area (Å²) in [7, 11) is 1.95. The molecule has 0 aromatic rings. The van der Waals surface area contributed by atoms with E-state index in [4.69, 9.17) is 0 Å². The molecule has 15 heavy (non-hydrogen) atoms. The lowest BCUT2D eigenvalue weighted by Gasteiger charge is -2.22. The molecule has 0 saturated carbocycles. The van der Waals surface area contributed by atoms with E-state index >= 15 is 0 Å². The molecular weight excluding hydrogens is 188 g/mol. The number of amides is 1. The maximum atomic E-state index is 10.5. The number of allylic oxidation sites excluding steroid dienone is 2. The van der Waals surface area contributed by atoms with Crippen LogP contribution in [0.5, 0.6) is 0 Å². The molecule has 0 aromatic carbocycles. The minimum absolute atomic E-state index is 0.769. The van der Waals surface area contributed by atoms with Crippen LogP contribution in [-0.2, 0) is 4.79 Å². The van der Waals surface area contributed by atoms with Crippen LogP contribution in [0.2, 0.25) is 0 Å². The molecule has 0 bridgehead atoms. The molecule has 1 amide bonds. The highest BCUT2D eigenvalue weighted by Crippen LogP contribution is 2.19. The minimum atomic E-state index is 0.769. The molecule has 0 unspecified atom stereocenters. The third-order valence-electron chi connectivity index (χ3n) is 2.99. The lowest BCUT2D eigenvalue weighted by Crippen LogP contribution is -2.27. The van der Waals surface area contributed by atoms with Gasteiger partial charge in [0.1, 0.15) is 0 Å². The van der Waals surface area contributed by atoms with Gasteiger partial charge in [-0.1, -0.05) is 17.2 Å². The zero-order chi connectivity index (χ0) is 11.3. The van der Waals surface area contributed by atoms with Crippen LogP contribution in [0.3, 0.4) is 0 Å². The van der Waals surface area contributed by atoms with Gasteiger partial charge in [0.15, 0.2) is 0 Å². The Hall–Kier alpha value is -1.25. The molecule has 1 N–H and O–H groups in total. The molecule has 0 fully saturated rings. The molecule has 1 aliphatic rings. The molecule has 84 valence electrons. The summed E-state index contributed by atoms with van der Waals surface area (Å²) >= 11 is 0. The normalized spacial score (nSPS) is 18.1. The summed E-state index contributed by atoms with van der Waals surface area (Å²) in [5, 5.41) is 3.16. The third kappa shape index (κ3) is 3.42. The summed E-state index contributed by atoms with van der Waals surface area (Å²) in [4.78, 5) is 12.3. The van der Waals surface area contributed by atoms with E-state index in [1.54, 1.807) is 4.90 Å². The Kier molecular flexibility index (Phi) is 4.40. The smallest absolute Gasteiger partial charge is 0.209 e. The Balaban J connectivity index is 2.54. The van der Waals surface area contributed by atoms with Gasteiger partial charge in [-0.25, -0.2) is 0 Å². The Morgan fingerprint density at radius 3 is 2.80 bits per heavy atom. The van der Waals surface area contributed by atoms with Crippen molar-refractivity contribution in [2.45, 2.75) is 26.7 Å². The predicted octanol–water partition coefficient (Wildman–Crippen LogP) is 1.68. The molecule has 0 saturated heterocycles. The van der Waals surface area contributed by atoms with Crippen molar-refractivity contribution in [2.75, 3.05) is 20.1 Å². The van der Waals surface area contributed by atoms with Crippen molar-refractivity contribution in [3.8, 4) is 0 Å². The number of rotatable bonds is 4. The first-order chi connectivity index (χ1) is 7.17. The second-order valence-corrected chi connectivity index (χ2v) is 4.04. The summed E-state index contributed by atoms with van der Waals surface area (Å²) in [5.41, 5.74) is 4.07. The molecule has 1 aliphatic heterocycles. The Morgan fingerprint density at radius 1 is 1.60 bits per heavy atom. The molecule has 1 rings (SSSR count). The average Bonchev–Trinajstić information content (AvgIpc) is 2.29. The van der Waals surface area contributed by atoms with Crippen LogP contribution in [0.4, 0.5) is 0 Å². The van der Waals surface area contributed by atoms with Crippen molar-refractivity contribution in [3.05, 3.63) is 22.9 Å². The Labute approximate surface area is 91.8 Å². The highest BCUT2D eigenvalue weighted by molar-refractivity contribution is 5.48. The van der Waals surface area contributed by atoms with Crippen molar-refractivity contribution >= 4 is 6.41 Å². The molecule has 3 heteroatoms. The van der Waals surface area contributed by atoms with E-state index in [2.05, 4.69) is 25.2 Å². The van der Waals surface area contributed by atoms with E-state index < -0.39 is 0 Å². The van der Waals surface area contributed by atoms with E-state index in [0.29, 0.717) is 0 Å². The maximum absolute atomic E-state index is 10.5. The van der Waals surface area contributed by atoms with Crippen molar-refractivity contribution in [1.29, 1.82) is 0 Å². The van der Waals surface area contributed by atoms with Gasteiger partial charge in [-0.05, 0) is 26.7 Å². The topological polar surface area (TPSA) is 32.3 Å². The highest BCUT2D eigenvalue weighted by atomic mass is 16.1. The molecule has 0 spiro atoms. The fraction of sp³-hybridized carbons (Fsp3) is 0.583. The molecule has 0 radical (unpaired) electrons. The fourth-order valence-corrected chi connectivity index (χ4v) is 1.67. The van der Waals surface area contributed by atoms with Crippen molar-refractivity contribution in [1.82, 2.24) is 10.2 Å². The molecule has 0 aliphatic carbocycles. The quantitative estimate of drug-likeness (QED) is 0.563. The summed E-state index contributed by atoms with van der Waals surface area (Å²) in [6.07, 6.45) is 5.13. The number of carbonyl (C=O) groups is 1. The molecule has 0 aromatic heterocycles. The maximum Gasteiger partial charge on any atom is 0.209 e. The number of nitrogens with zero attached hydrogens (tertiary/aromatic N) is 1. The summed E-state index contributed by atoms with van der Waals surface area (Å²) in [5.74, 6) is 0. The molecule has 1 heterocycles. The van der Waals surface area contributed by atoms with Crippen LogP contribution in [0.25, 0.3) is 0 Å². The number of hydrogen-bond acceptors (Lipinski definition) is 2. The second kappa shape index (κ2) is 5.59. The van der Waals surface area contributed by atoms with Crippen LogP contribution in [0.15, 0.2) is 22.9 Å². The molecule has 0 atom stereocenters. The number of hydrogen-bond donors (Lipinski definition) is 1. The second-order valence-electron chi connectivity index (χ2n) is 4.04. The largest absolute Gasteiger partial charge is 0.392 e. The minimum Gasteiger partial charge on any atom is -0.392 e. The molecule has 3 nitrogen and oxygen atoms in total. The lowest BCUT2D eigenvalue weighted by molar-refractivity contribution is -0.117. The number of carbonyl (C=O) groups excluding carboxylic acids is 1. The summed E-state index contributed by atoms with van der Waals surface area (Å²) in [6, 6.07) is 0. The lowest BCUT2D eigenvalue weighted by atomic mass is 9.99. The van der Waals surface area contributed by atoms with Gasteiger partial charge in [0.05, 0.1) is 0 Å². The van der Waals surface area contributed by atoms with Gasteiger partial charge in [0, 0.05) is 25.8 Å². The summed E-state index contributed by atoms with van der Waals surface area (Å²) < 4.78 is 0. The predicted molar refractivity (Wildman–Crippen MR) is 62.4 cm³/mol. The SMILES string of the molecule is CN/C(C)=C(\C)CC1=CCN(C=O)CC1. The van der Waals surface area contributed by atoms with Crippen LogP contribution in [0, 0.1) is 0 Å². The monoisotopic (exact) mass is 208 g/mol. The average molecular weight is 208 g/mol. The van der Waals surface area contributed by atoms with Crippen molar-refractivity contribution < 1.29 is 4.79 Å². The fourth-order valence-electron chi connectivity index (χ4n) is 1.67. The van der Waals surface area contributed by atoms with E-state index in [1.807, 2.05) is 7.05 Å². The van der Waals surface area contributed by atoms with Gasteiger partial charge in [0.25, 0.3) is 0 Å². The first-order valence-corrected chi connectivity index (χ1v) is 5.38. The van der Waals surface area contributed by atoms with Crippen LogP contribution >= 0.6 is 0 Å². The van der Waals surface area contributed by atoms with Gasteiger partial charge in [-0.2, -0.15) is 0 Å². The zero-order valence-corrected chi connectivity index (χ0v) is 9.84. The third-order valence-corrected chi connectivity index (χ3v) is 2.99. The van der Waals surface area contributed by atoms with Crippen molar-refractivity contribution in [2.24, 2.45) is 0 Å². The zero-order valence-electron chi connectivity index (χ0n) is 9.84. The van der Waals surface area contributed by atoms with Gasteiger partial charge in [-0.3, -0.25) is 4.79 Å². The van der Waals surface area contributed by atoms with Gasteiger partial charge < -0.3 is 10.2 Å². The van der Waals surface area contributed by atoms with E-state index in [9.17, 15) is 4.79 Å². The van der Waals surface area contributed by atoms with Crippen molar-refractivity contribution in [3.63, 3.8) is 0 Å². The van der Waals surface area contributed by atoms with E-state index in [1.165, 1.54) is 16.8 Å². The van der Waals surface area contributed by atoms with Gasteiger partial charge in [-0.15, -0.1) is 0 Å². The standard InChI is InChI=1S/C12H20N2O/c1-10(11(2)13-3)8-12-4-6-14(9-15)7-5-12/h4,9,13H,5-8H2,1-3H3/b11-10+. The van der Waals surface area contributed by atoms with Crippen LogP contribution in [-0.4, -0.2) is 31.4 Å². The number of nitrogens with one attached hydrogen (secondary N) is 1. The van der Waals surface area contributed by atoms with Gasteiger partial charge in [0.2, 0.25) is 6.41 Å². The molecular formula is C12H20N2O. The highest BCUT2D eigenvalue weighted by Gasteiger charge is 2.10. The Bertz CT molecular complexity index is 292. The summed E-state index contributed by atoms with van der Waals surface area (Å²) in [6.45, 7) is 5.88. The van der Waals surface area contributed by atoms with Crippen LogP contribution < -0.4 is 5.32 Å². The first-order valence-electron chi connectivity index (χ1n) is 5.38. The Morgan fingerprint density at radius 2 is 2.33 bits per heavy atom. The van der Waals surface area contributed by atoms with Gasteiger partial charge >= 0.3 is 0 Å². The first kappa shape index (κ1) is 11.8. The van der Waals surface area contributed by atoms with Crippen LogP contribution in [0.1, 0.15) is 26.7 Å². The van der Waals surface area contributed by atoms with E-state index in [-0.39, 0.29) is 0 Å². The van der Waals surface area contributed by atoms with E-state index in [0.717, 1.165) is 32.3 Å².